The third kappa shape index (κ3) is 5.43. The van der Waals surface area contributed by atoms with Gasteiger partial charge in [0, 0.05) is 25.8 Å². The van der Waals surface area contributed by atoms with E-state index in [0.717, 1.165) is 22.4 Å². The van der Waals surface area contributed by atoms with E-state index in [1.165, 1.54) is 4.31 Å². The Morgan fingerprint density at radius 2 is 1.94 bits per heavy atom. The van der Waals surface area contributed by atoms with E-state index in [9.17, 15) is 8.42 Å². The maximum atomic E-state index is 13.3. The fraction of sp³-hybridized carbons (Fsp3) is 0.417. The summed E-state index contributed by atoms with van der Waals surface area (Å²) in [6, 6.07) is 8.76. The molecular formula is C24H32N4O3S. The van der Waals surface area contributed by atoms with E-state index < -0.39 is 10.0 Å². The van der Waals surface area contributed by atoms with Crippen LogP contribution in [0.5, 0.6) is 0 Å². The summed E-state index contributed by atoms with van der Waals surface area (Å²) in [6.45, 7) is 11.1. The molecule has 0 N–H and O–H groups in total. The number of aromatic nitrogens is 3. The lowest BCUT2D eigenvalue weighted by Crippen LogP contribution is -2.41. The second-order valence-electron chi connectivity index (χ2n) is 8.38. The molecule has 1 atom stereocenters. The summed E-state index contributed by atoms with van der Waals surface area (Å²) < 4.78 is 35.7. The highest BCUT2D eigenvalue weighted by Crippen LogP contribution is 2.22. The van der Waals surface area contributed by atoms with Crippen LogP contribution in [-0.4, -0.2) is 53.6 Å². The summed E-state index contributed by atoms with van der Waals surface area (Å²) in [5.41, 5.74) is 2.85. The van der Waals surface area contributed by atoms with Crippen molar-refractivity contribution in [1.29, 1.82) is 0 Å². The highest BCUT2D eigenvalue weighted by Gasteiger charge is 2.28. The van der Waals surface area contributed by atoms with E-state index in [2.05, 4.69) is 35.0 Å². The second kappa shape index (κ2) is 10.4. The number of ether oxygens (including phenoxy) is 1. The Labute approximate surface area is 190 Å². The average molecular weight is 457 g/mol. The number of hydrogen-bond donors (Lipinski definition) is 0. The minimum atomic E-state index is -3.64. The topological polar surface area (TPSA) is 77.3 Å². The van der Waals surface area contributed by atoms with Crippen molar-refractivity contribution in [2.24, 2.45) is 5.92 Å². The van der Waals surface area contributed by atoms with Crippen LogP contribution in [0.15, 0.2) is 60.3 Å². The smallest absolute Gasteiger partial charge is 0.243 e. The minimum absolute atomic E-state index is 0.242. The van der Waals surface area contributed by atoms with Gasteiger partial charge in [0.15, 0.2) is 0 Å². The van der Waals surface area contributed by atoms with Gasteiger partial charge in [-0.15, -0.1) is 6.58 Å². The van der Waals surface area contributed by atoms with Gasteiger partial charge in [-0.1, -0.05) is 32.1 Å². The molecule has 172 valence electrons. The zero-order valence-electron chi connectivity index (χ0n) is 19.2. The van der Waals surface area contributed by atoms with Crippen LogP contribution in [0.1, 0.15) is 31.7 Å². The number of likely N-dealkylation sites (N-methyl/N-ethyl adjacent to an activating group) is 1. The van der Waals surface area contributed by atoms with Crippen molar-refractivity contribution >= 4 is 21.1 Å². The fourth-order valence-electron chi connectivity index (χ4n) is 3.77. The van der Waals surface area contributed by atoms with E-state index in [-0.39, 0.29) is 10.9 Å². The largest absolute Gasteiger partial charge is 0.376 e. The molecule has 3 aromatic rings. The zero-order valence-corrected chi connectivity index (χ0v) is 20.0. The van der Waals surface area contributed by atoms with E-state index in [0.29, 0.717) is 32.1 Å². The minimum Gasteiger partial charge on any atom is -0.376 e. The summed E-state index contributed by atoms with van der Waals surface area (Å²) >= 11 is 0. The van der Waals surface area contributed by atoms with Gasteiger partial charge >= 0.3 is 0 Å². The molecule has 0 aliphatic carbocycles. The number of aryl methyl sites for hydroxylation is 1. The average Bonchev–Trinajstić information content (AvgIpc) is 3.08. The molecule has 2 heterocycles. The molecule has 3 rings (SSSR count). The lowest BCUT2D eigenvalue weighted by Gasteiger charge is -2.28. The molecule has 32 heavy (non-hydrogen) atoms. The van der Waals surface area contributed by atoms with Crippen molar-refractivity contribution < 1.29 is 13.2 Å². The molecule has 0 spiro atoms. The van der Waals surface area contributed by atoms with Gasteiger partial charge in [0.25, 0.3) is 0 Å². The van der Waals surface area contributed by atoms with Crippen LogP contribution in [0.2, 0.25) is 0 Å². The Morgan fingerprint density at radius 3 is 2.59 bits per heavy atom. The highest BCUT2D eigenvalue weighted by atomic mass is 32.2. The Bertz CT molecular complexity index is 1150. The van der Waals surface area contributed by atoms with Crippen molar-refractivity contribution in [2.75, 3.05) is 20.3 Å². The number of nitrogens with zero attached hydrogens (tertiary/aromatic N) is 4. The maximum Gasteiger partial charge on any atom is 0.243 e. The van der Waals surface area contributed by atoms with Gasteiger partial charge in [0.1, 0.15) is 11.3 Å². The zero-order chi connectivity index (χ0) is 23.3. The normalized spacial score (nSPS) is 13.2. The standard InChI is InChI=1S/C24H32N4O3S/c1-6-13-31-17-21(14-18(2)3)27(5)32(29,30)22-9-7-20(8-10-22)16-28-19(4)26-23-15-25-12-11-24(23)28/h6-12,15,18,21H,1,13-14,16-17H2,2-5H3/t21-/m1/s1. The SMILES string of the molecule is C=CCOC[C@@H](CC(C)C)N(C)S(=O)(=O)c1ccc(Cn2c(C)nc3cnccc32)cc1. The molecule has 0 saturated heterocycles. The third-order valence-electron chi connectivity index (χ3n) is 5.49. The van der Waals surface area contributed by atoms with E-state index in [4.69, 9.17) is 4.74 Å². The van der Waals surface area contributed by atoms with E-state index in [1.54, 1.807) is 37.7 Å². The molecule has 0 saturated carbocycles. The van der Waals surface area contributed by atoms with Gasteiger partial charge in [0.05, 0.1) is 29.8 Å². The van der Waals surface area contributed by atoms with Gasteiger partial charge in [-0.2, -0.15) is 4.31 Å². The van der Waals surface area contributed by atoms with Gasteiger partial charge < -0.3 is 9.30 Å². The number of sulfonamides is 1. The van der Waals surface area contributed by atoms with Crippen LogP contribution in [-0.2, 0) is 21.3 Å². The van der Waals surface area contributed by atoms with Crippen LogP contribution in [0, 0.1) is 12.8 Å². The van der Waals surface area contributed by atoms with Gasteiger partial charge in [-0.05, 0) is 43.0 Å². The second-order valence-corrected chi connectivity index (χ2v) is 10.4. The first kappa shape index (κ1) is 24.1. The third-order valence-corrected chi connectivity index (χ3v) is 7.41. The number of hydrogen-bond acceptors (Lipinski definition) is 5. The summed E-state index contributed by atoms with van der Waals surface area (Å²) in [5, 5.41) is 0. The van der Waals surface area contributed by atoms with Crippen molar-refractivity contribution in [1.82, 2.24) is 18.8 Å². The molecule has 0 radical (unpaired) electrons. The fourth-order valence-corrected chi connectivity index (χ4v) is 5.12. The predicted octanol–water partition coefficient (Wildman–Crippen LogP) is 4.03. The Hall–Kier alpha value is -2.55. The molecule has 0 amide bonds. The molecule has 7 nitrogen and oxygen atoms in total. The lowest BCUT2D eigenvalue weighted by atomic mass is 10.0. The van der Waals surface area contributed by atoms with Crippen molar-refractivity contribution in [3.8, 4) is 0 Å². The number of imidazole rings is 1. The maximum absolute atomic E-state index is 13.3. The summed E-state index contributed by atoms with van der Waals surface area (Å²) in [4.78, 5) is 8.94. The molecular weight excluding hydrogens is 424 g/mol. The molecule has 0 aliphatic heterocycles. The van der Waals surface area contributed by atoms with Crippen LogP contribution in [0.3, 0.4) is 0 Å². The van der Waals surface area contributed by atoms with E-state index in [1.807, 2.05) is 25.1 Å². The lowest BCUT2D eigenvalue weighted by molar-refractivity contribution is 0.106. The van der Waals surface area contributed by atoms with Crippen molar-refractivity contribution in [2.45, 2.75) is 44.7 Å². The number of fused-ring (bicyclic) bond motifs is 1. The molecule has 0 unspecified atom stereocenters. The van der Waals surface area contributed by atoms with Gasteiger partial charge in [-0.25, -0.2) is 13.4 Å². The molecule has 2 aromatic heterocycles. The number of rotatable bonds is 11. The van der Waals surface area contributed by atoms with Crippen LogP contribution in [0.4, 0.5) is 0 Å². The Balaban J connectivity index is 1.79. The van der Waals surface area contributed by atoms with Crippen LogP contribution in [0.25, 0.3) is 11.0 Å². The monoisotopic (exact) mass is 456 g/mol. The van der Waals surface area contributed by atoms with Crippen molar-refractivity contribution in [3.63, 3.8) is 0 Å². The molecule has 0 aliphatic rings. The first-order valence-corrected chi connectivity index (χ1v) is 12.2. The number of pyridine rings is 1. The summed E-state index contributed by atoms with van der Waals surface area (Å²) in [5.74, 6) is 1.23. The highest BCUT2D eigenvalue weighted by molar-refractivity contribution is 7.89. The summed E-state index contributed by atoms with van der Waals surface area (Å²) in [6.07, 6.45) is 5.88. The quantitative estimate of drug-likeness (QED) is 0.322. The molecule has 1 aromatic carbocycles. The number of benzene rings is 1. The van der Waals surface area contributed by atoms with Crippen molar-refractivity contribution in [3.05, 3.63) is 66.8 Å². The van der Waals surface area contributed by atoms with E-state index >= 15 is 0 Å². The molecule has 0 fully saturated rings. The summed E-state index contributed by atoms with van der Waals surface area (Å²) in [7, 11) is -2.01. The van der Waals surface area contributed by atoms with Gasteiger partial charge in [0.2, 0.25) is 10.0 Å². The molecule has 8 heteroatoms. The van der Waals surface area contributed by atoms with Crippen LogP contribution < -0.4 is 0 Å². The molecule has 0 bridgehead atoms. The first-order valence-electron chi connectivity index (χ1n) is 10.8. The first-order chi connectivity index (χ1) is 15.2. The Morgan fingerprint density at radius 1 is 1.22 bits per heavy atom. The van der Waals surface area contributed by atoms with Crippen LogP contribution >= 0.6 is 0 Å². The predicted molar refractivity (Wildman–Crippen MR) is 127 cm³/mol. The Kier molecular flexibility index (Phi) is 7.82. The van der Waals surface area contributed by atoms with Gasteiger partial charge in [-0.3, -0.25) is 4.98 Å².